The highest BCUT2D eigenvalue weighted by Crippen LogP contribution is 1.95. The second-order valence-electron chi connectivity index (χ2n) is 1.95. The Balaban J connectivity index is 3.81. The van der Waals surface area contributed by atoms with Crippen LogP contribution in [0.3, 0.4) is 0 Å². The monoisotopic (exact) mass is 147 g/mol. The predicted octanol–water partition coefficient (Wildman–Crippen LogP) is 0.259. The number of likely N-dealkylation sites (N-methyl/N-ethyl adjacent to an activating group) is 1. The molecule has 0 bridgehead atoms. The molecule has 0 fully saturated rings. The van der Waals surface area contributed by atoms with Gasteiger partial charge in [-0.15, -0.1) is 0 Å². The Morgan fingerprint density at radius 1 is 1.80 bits per heavy atom. The van der Waals surface area contributed by atoms with Crippen LogP contribution in [-0.4, -0.2) is 35.9 Å². The molecule has 0 aromatic rings. The zero-order chi connectivity index (χ0) is 8.15. The van der Waals surface area contributed by atoms with E-state index in [9.17, 15) is 4.79 Å². The average molecular weight is 147 g/mol. The molecule has 0 radical (unpaired) electrons. The molecule has 0 aliphatic heterocycles. The molecule has 0 rings (SSSR count). The van der Waals surface area contributed by atoms with E-state index in [-0.39, 0.29) is 0 Å². The van der Waals surface area contributed by atoms with Gasteiger partial charge in [0.15, 0.2) is 0 Å². The molecule has 0 heterocycles. The molecule has 0 amide bonds. The van der Waals surface area contributed by atoms with Crippen molar-refractivity contribution in [2.45, 2.75) is 19.9 Å². The van der Waals surface area contributed by atoms with Crippen LogP contribution in [0.2, 0.25) is 0 Å². The van der Waals surface area contributed by atoms with E-state index in [0.717, 1.165) is 5.06 Å². The Kier molecular flexibility index (Phi) is 3.99. The van der Waals surface area contributed by atoms with Crippen LogP contribution in [0.4, 0.5) is 0 Å². The smallest absolute Gasteiger partial charge is 0.325 e. The summed E-state index contributed by atoms with van der Waals surface area (Å²) in [5.74, 6) is -0.427. The Bertz CT molecular complexity index is 116. The number of hydrogen-bond acceptors (Lipinski definition) is 4. The van der Waals surface area contributed by atoms with Crippen LogP contribution in [0, 0.1) is 0 Å². The van der Waals surface area contributed by atoms with Crippen LogP contribution in [0.15, 0.2) is 0 Å². The van der Waals surface area contributed by atoms with Crippen LogP contribution in [0.5, 0.6) is 0 Å². The number of methoxy groups -OCH3 is 1. The maximum absolute atomic E-state index is 10.7. The third-order valence-electron chi connectivity index (χ3n) is 1.31. The fourth-order valence-electron chi connectivity index (χ4n) is 0.566. The molecule has 4 heteroatoms. The van der Waals surface area contributed by atoms with Gasteiger partial charge in [-0.05, 0) is 6.92 Å². The van der Waals surface area contributed by atoms with Crippen molar-refractivity contribution in [3.8, 4) is 0 Å². The number of nitrogens with zero attached hydrogens (tertiary/aromatic N) is 1. The van der Waals surface area contributed by atoms with Gasteiger partial charge in [-0.2, -0.15) is 5.06 Å². The van der Waals surface area contributed by atoms with E-state index in [1.165, 1.54) is 7.11 Å². The normalized spacial score (nSPS) is 13.3. The lowest BCUT2D eigenvalue weighted by Gasteiger charge is -2.17. The lowest BCUT2D eigenvalue weighted by atomic mass is 10.3. The number of carbonyl (C=O) groups is 1. The van der Waals surface area contributed by atoms with Crippen molar-refractivity contribution in [2.24, 2.45) is 0 Å². The number of carbonyl (C=O) groups excluding carboxylic acids is 1. The number of hydrogen-bond donors (Lipinski definition) is 1. The molecule has 10 heavy (non-hydrogen) atoms. The second kappa shape index (κ2) is 4.24. The summed E-state index contributed by atoms with van der Waals surface area (Å²) < 4.78 is 4.39. The molecule has 0 saturated carbocycles. The molecule has 60 valence electrons. The first-order chi connectivity index (χ1) is 4.63. The average Bonchev–Trinajstić information content (AvgIpc) is 2.00. The molecule has 0 aliphatic carbocycles. The molecular weight excluding hydrogens is 134 g/mol. The Morgan fingerprint density at radius 3 is 2.60 bits per heavy atom. The third-order valence-corrected chi connectivity index (χ3v) is 1.31. The van der Waals surface area contributed by atoms with Crippen LogP contribution in [0.1, 0.15) is 13.8 Å². The van der Waals surface area contributed by atoms with Crippen LogP contribution < -0.4 is 0 Å². The highest BCUT2D eigenvalue weighted by atomic mass is 16.5. The van der Waals surface area contributed by atoms with Gasteiger partial charge < -0.3 is 9.94 Å². The van der Waals surface area contributed by atoms with E-state index in [2.05, 4.69) is 4.74 Å². The van der Waals surface area contributed by atoms with Gasteiger partial charge in [0, 0.05) is 6.54 Å². The largest absolute Gasteiger partial charge is 0.468 e. The Labute approximate surface area is 60.3 Å². The summed E-state index contributed by atoms with van der Waals surface area (Å²) >= 11 is 0. The first kappa shape index (κ1) is 9.39. The van der Waals surface area contributed by atoms with E-state index in [4.69, 9.17) is 5.21 Å². The summed E-state index contributed by atoms with van der Waals surface area (Å²) in [5.41, 5.74) is 0. The molecular formula is C6H13NO3. The summed E-state index contributed by atoms with van der Waals surface area (Å²) in [6.07, 6.45) is 0. The second-order valence-corrected chi connectivity index (χ2v) is 1.95. The molecule has 0 aromatic carbocycles. The van der Waals surface area contributed by atoms with Crippen LogP contribution >= 0.6 is 0 Å². The number of hydroxylamine groups is 2. The van der Waals surface area contributed by atoms with E-state index < -0.39 is 12.0 Å². The minimum Gasteiger partial charge on any atom is -0.468 e. The van der Waals surface area contributed by atoms with Gasteiger partial charge in [0.05, 0.1) is 7.11 Å². The third kappa shape index (κ3) is 2.33. The minimum atomic E-state index is -0.574. The molecule has 4 nitrogen and oxygen atoms in total. The van der Waals surface area contributed by atoms with Gasteiger partial charge in [0.1, 0.15) is 6.04 Å². The summed E-state index contributed by atoms with van der Waals surface area (Å²) in [6.45, 7) is 3.74. The quantitative estimate of drug-likeness (QED) is 0.459. The summed E-state index contributed by atoms with van der Waals surface area (Å²) in [5, 5.41) is 9.88. The molecule has 1 unspecified atom stereocenters. The van der Waals surface area contributed by atoms with Crippen molar-refractivity contribution in [2.75, 3.05) is 13.7 Å². The zero-order valence-electron chi connectivity index (χ0n) is 6.50. The van der Waals surface area contributed by atoms with Gasteiger partial charge in [0.25, 0.3) is 0 Å². The fraction of sp³-hybridized carbons (Fsp3) is 0.833. The highest BCUT2D eigenvalue weighted by Gasteiger charge is 2.17. The van der Waals surface area contributed by atoms with Crippen molar-refractivity contribution < 1.29 is 14.7 Å². The van der Waals surface area contributed by atoms with Gasteiger partial charge in [-0.25, -0.2) is 0 Å². The van der Waals surface area contributed by atoms with E-state index >= 15 is 0 Å². The summed E-state index contributed by atoms with van der Waals surface area (Å²) in [4.78, 5) is 10.7. The van der Waals surface area contributed by atoms with Crippen molar-refractivity contribution in [1.82, 2.24) is 5.06 Å². The number of rotatable bonds is 3. The molecule has 0 aliphatic rings. The summed E-state index contributed by atoms with van der Waals surface area (Å²) in [7, 11) is 1.29. The first-order valence-electron chi connectivity index (χ1n) is 3.16. The number of esters is 1. The highest BCUT2D eigenvalue weighted by molar-refractivity contribution is 5.74. The number of ether oxygens (including phenoxy) is 1. The Morgan fingerprint density at radius 2 is 2.30 bits per heavy atom. The maximum atomic E-state index is 10.7. The van der Waals surface area contributed by atoms with Gasteiger partial charge in [-0.3, -0.25) is 4.79 Å². The van der Waals surface area contributed by atoms with Crippen molar-refractivity contribution >= 4 is 5.97 Å². The molecule has 0 spiro atoms. The SMILES string of the molecule is CCN(O)C(C)C(=O)OC. The van der Waals surface area contributed by atoms with Gasteiger partial charge >= 0.3 is 5.97 Å². The van der Waals surface area contributed by atoms with Crippen LogP contribution in [-0.2, 0) is 9.53 Å². The van der Waals surface area contributed by atoms with E-state index in [0.29, 0.717) is 6.54 Å². The molecule has 0 saturated heterocycles. The molecule has 1 atom stereocenters. The van der Waals surface area contributed by atoms with Gasteiger partial charge in [0.2, 0.25) is 0 Å². The topological polar surface area (TPSA) is 49.8 Å². The maximum Gasteiger partial charge on any atom is 0.325 e. The van der Waals surface area contributed by atoms with E-state index in [1.807, 2.05) is 0 Å². The Hall–Kier alpha value is -0.610. The van der Waals surface area contributed by atoms with Crippen molar-refractivity contribution in [1.29, 1.82) is 0 Å². The zero-order valence-corrected chi connectivity index (χ0v) is 6.50. The minimum absolute atomic E-state index is 0.413. The summed E-state index contributed by atoms with van der Waals surface area (Å²) in [6, 6.07) is -0.574. The van der Waals surface area contributed by atoms with Gasteiger partial charge in [-0.1, -0.05) is 6.92 Å². The fourth-order valence-corrected chi connectivity index (χ4v) is 0.566. The van der Waals surface area contributed by atoms with Crippen LogP contribution in [0.25, 0.3) is 0 Å². The standard InChI is InChI=1S/C6H13NO3/c1-4-7(9)5(2)6(8)10-3/h5,9H,4H2,1-3H3. The van der Waals surface area contributed by atoms with Crippen molar-refractivity contribution in [3.05, 3.63) is 0 Å². The predicted molar refractivity (Wildman–Crippen MR) is 35.6 cm³/mol. The first-order valence-corrected chi connectivity index (χ1v) is 3.16. The molecule has 1 N–H and O–H groups in total. The molecule has 0 aromatic heterocycles. The lowest BCUT2D eigenvalue weighted by Crippen LogP contribution is -2.36. The lowest BCUT2D eigenvalue weighted by molar-refractivity contribution is -0.169. The van der Waals surface area contributed by atoms with Crippen molar-refractivity contribution in [3.63, 3.8) is 0 Å². The van der Waals surface area contributed by atoms with E-state index in [1.54, 1.807) is 13.8 Å².